The molecule has 8 aromatic rings. The first-order valence-corrected chi connectivity index (χ1v) is 20.2. The van der Waals surface area contributed by atoms with Crippen LogP contribution in [0.4, 0.5) is 0 Å². The van der Waals surface area contributed by atoms with Gasteiger partial charge in [-0.3, -0.25) is 0 Å². The van der Waals surface area contributed by atoms with E-state index < -0.39 is 0 Å². The normalized spacial score (nSPS) is 11.9. The monoisotopic (exact) mass is 748 g/mol. The number of hydrogen-bond acceptors (Lipinski definition) is 1. The van der Waals surface area contributed by atoms with Gasteiger partial charge < -0.3 is 4.57 Å². The molecule has 0 aliphatic carbocycles. The molecule has 58 heavy (non-hydrogen) atoms. The zero-order valence-electron chi connectivity index (χ0n) is 33.4. The summed E-state index contributed by atoms with van der Waals surface area (Å²) >= 11 is 0. The number of benzene rings is 6. The Morgan fingerprint density at radius 3 is 1.93 bits per heavy atom. The third kappa shape index (κ3) is 8.68. The van der Waals surface area contributed by atoms with Crippen molar-refractivity contribution in [1.82, 2.24) is 9.55 Å². The quantitative estimate of drug-likeness (QED) is 0.0848. The number of aromatic nitrogens is 2. The van der Waals surface area contributed by atoms with E-state index in [0.717, 1.165) is 58.6 Å². The van der Waals surface area contributed by atoms with Gasteiger partial charge in [0.25, 0.3) is 0 Å². The standard InChI is InChI=1S/C56H48N2/c1-4-6-8-23-51-40-58(56-33-12-11-32-53(51)56)52-31-17-28-48(39-52)47-27-16-30-50(38-47)55-36-42(20-14-24-43(18-5-2)44-21-9-7-10-22-44)35-54(57-55)49-29-15-26-46(37-49)45-25-13-19-41(3)34-45/h4-7,9-19,21-22,24-40H,2,8,20,23H2,1,3H3/b6-4-,24-14-,43-18+. The van der Waals surface area contributed by atoms with Crippen LogP contribution in [0.1, 0.15) is 35.6 Å². The second-order valence-electron chi connectivity index (χ2n) is 14.8. The van der Waals surface area contributed by atoms with E-state index in [0.29, 0.717) is 0 Å². The zero-order valence-corrected chi connectivity index (χ0v) is 33.4. The average molecular weight is 749 g/mol. The Kier molecular flexibility index (Phi) is 11.6. The maximum atomic E-state index is 5.36. The highest BCUT2D eigenvalue weighted by atomic mass is 15.0. The summed E-state index contributed by atoms with van der Waals surface area (Å²) in [4.78, 5) is 5.36. The number of aryl methyl sites for hydroxylation is 2. The first kappa shape index (κ1) is 37.9. The Morgan fingerprint density at radius 2 is 1.24 bits per heavy atom. The lowest BCUT2D eigenvalue weighted by Gasteiger charge is -2.12. The summed E-state index contributed by atoms with van der Waals surface area (Å²) in [6, 6.07) is 58.8. The summed E-state index contributed by atoms with van der Waals surface area (Å²) < 4.78 is 2.34. The van der Waals surface area contributed by atoms with Crippen LogP contribution in [-0.2, 0) is 12.8 Å². The van der Waals surface area contributed by atoms with Gasteiger partial charge in [0.2, 0.25) is 0 Å². The summed E-state index contributed by atoms with van der Waals surface area (Å²) in [6.45, 7) is 8.20. The topological polar surface area (TPSA) is 17.8 Å². The van der Waals surface area contributed by atoms with Gasteiger partial charge in [0, 0.05) is 28.4 Å². The summed E-state index contributed by atoms with van der Waals surface area (Å²) in [5.41, 5.74) is 17.3. The maximum absolute atomic E-state index is 5.36. The van der Waals surface area contributed by atoms with Gasteiger partial charge in [-0.15, -0.1) is 0 Å². The van der Waals surface area contributed by atoms with Crippen LogP contribution >= 0.6 is 0 Å². The molecule has 0 fully saturated rings. The molecule has 0 saturated carbocycles. The first-order chi connectivity index (χ1) is 28.6. The third-order valence-corrected chi connectivity index (χ3v) is 10.7. The number of para-hydroxylation sites is 1. The fraction of sp³-hybridized carbons (Fsp3) is 0.0893. The van der Waals surface area contributed by atoms with Gasteiger partial charge in [-0.1, -0.05) is 170 Å². The van der Waals surface area contributed by atoms with Gasteiger partial charge in [-0.05, 0) is 120 Å². The van der Waals surface area contributed by atoms with Gasteiger partial charge >= 0.3 is 0 Å². The molecule has 0 N–H and O–H groups in total. The molecule has 0 unspecified atom stereocenters. The van der Waals surface area contributed by atoms with Crippen LogP contribution in [0.3, 0.4) is 0 Å². The van der Waals surface area contributed by atoms with E-state index in [1.165, 1.54) is 49.8 Å². The van der Waals surface area contributed by atoms with Gasteiger partial charge in [0.1, 0.15) is 0 Å². The van der Waals surface area contributed by atoms with Crippen molar-refractivity contribution in [3.63, 3.8) is 0 Å². The lowest BCUT2D eigenvalue weighted by molar-refractivity contribution is 0.994. The van der Waals surface area contributed by atoms with Crippen LogP contribution in [0.25, 0.3) is 66.9 Å². The van der Waals surface area contributed by atoms with Crippen molar-refractivity contribution in [2.75, 3.05) is 0 Å². The van der Waals surface area contributed by atoms with Gasteiger partial charge in [-0.2, -0.15) is 0 Å². The van der Waals surface area contributed by atoms with Crippen molar-refractivity contribution in [2.24, 2.45) is 0 Å². The minimum atomic E-state index is 0.755. The molecular formula is C56H48N2. The van der Waals surface area contributed by atoms with Crippen LogP contribution in [0, 0.1) is 6.92 Å². The van der Waals surface area contributed by atoms with Crippen molar-refractivity contribution in [3.8, 4) is 50.5 Å². The summed E-state index contributed by atoms with van der Waals surface area (Å²) in [5.74, 6) is 0. The minimum Gasteiger partial charge on any atom is -0.316 e. The average Bonchev–Trinajstić information content (AvgIpc) is 3.65. The first-order valence-electron chi connectivity index (χ1n) is 20.2. The molecule has 0 atom stereocenters. The molecule has 0 aliphatic heterocycles. The Labute approximate surface area is 343 Å². The lowest BCUT2D eigenvalue weighted by Crippen LogP contribution is -1.94. The number of fused-ring (bicyclic) bond motifs is 1. The van der Waals surface area contributed by atoms with E-state index in [1.807, 2.05) is 12.1 Å². The second-order valence-corrected chi connectivity index (χ2v) is 14.8. The molecule has 2 aromatic heterocycles. The largest absolute Gasteiger partial charge is 0.316 e. The number of nitrogens with zero attached hydrogens (tertiary/aromatic N) is 2. The van der Waals surface area contributed by atoms with Gasteiger partial charge in [0.15, 0.2) is 0 Å². The molecule has 0 spiro atoms. The van der Waals surface area contributed by atoms with Crippen LogP contribution < -0.4 is 0 Å². The molecular weight excluding hydrogens is 701 g/mol. The molecule has 282 valence electrons. The fourth-order valence-electron chi connectivity index (χ4n) is 7.77. The summed E-state index contributed by atoms with van der Waals surface area (Å²) in [5, 5.41) is 1.31. The Morgan fingerprint density at radius 1 is 0.621 bits per heavy atom. The van der Waals surface area contributed by atoms with E-state index in [-0.39, 0.29) is 0 Å². The molecule has 2 nitrogen and oxygen atoms in total. The van der Waals surface area contributed by atoms with Crippen LogP contribution in [0.2, 0.25) is 0 Å². The predicted molar refractivity (Wildman–Crippen MR) is 248 cm³/mol. The van der Waals surface area contributed by atoms with Gasteiger partial charge in [-0.25, -0.2) is 4.98 Å². The third-order valence-electron chi connectivity index (χ3n) is 10.7. The molecule has 0 amide bonds. The highest BCUT2D eigenvalue weighted by Crippen LogP contribution is 2.33. The fourth-order valence-corrected chi connectivity index (χ4v) is 7.77. The predicted octanol–water partition coefficient (Wildman–Crippen LogP) is 14.9. The van der Waals surface area contributed by atoms with Crippen molar-refractivity contribution >= 4 is 16.5 Å². The molecule has 8 rings (SSSR count). The molecule has 2 heteroatoms. The number of hydrogen-bond donors (Lipinski definition) is 0. The minimum absolute atomic E-state index is 0.755. The highest BCUT2D eigenvalue weighted by Gasteiger charge is 2.13. The van der Waals surface area contributed by atoms with Crippen molar-refractivity contribution in [3.05, 3.63) is 235 Å². The molecule has 0 bridgehead atoms. The maximum Gasteiger partial charge on any atom is 0.0712 e. The van der Waals surface area contributed by atoms with Crippen molar-refractivity contribution in [1.29, 1.82) is 0 Å². The van der Waals surface area contributed by atoms with E-state index in [1.54, 1.807) is 0 Å². The zero-order chi connectivity index (χ0) is 39.7. The van der Waals surface area contributed by atoms with Crippen LogP contribution in [-0.4, -0.2) is 9.55 Å². The molecule has 6 aromatic carbocycles. The van der Waals surface area contributed by atoms with E-state index in [4.69, 9.17) is 4.98 Å². The molecule has 0 radical (unpaired) electrons. The number of allylic oxidation sites excluding steroid dienone is 7. The van der Waals surface area contributed by atoms with Gasteiger partial charge in [0.05, 0.1) is 16.9 Å². The second kappa shape index (κ2) is 17.8. The Bertz CT molecular complexity index is 2790. The van der Waals surface area contributed by atoms with Crippen LogP contribution in [0.5, 0.6) is 0 Å². The van der Waals surface area contributed by atoms with E-state index in [2.05, 4.69) is 219 Å². The Balaban J connectivity index is 1.17. The molecule has 0 aliphatic rings. The molecule has 0 saturated heterocycles. The highest BCUT2D eigenvalue weighted by molar-refractivity contribution is 5.86. The smallest absolute Gasteiger partial charge is 0.0712 e. The Hall–Kier alpha value is -7.03. The molecule has 2 heterocycles. The number of pyridine rings is 1. The van der Waals surface area contributed by atoms with E-state index in [9.17, 15) is 0 Å². The lowest BCUT2D eigenvalue weighted by atomic mass is 9.97. The van der Waals surface area contributed by atoms with Crippen molar-refractivity contribution in [2.45, 2.75) is 33.1 Å². The summed E-state index contributed by atoms with van der Waals surface area (Å²) in [7, 11) is 0. The van der Waals surface area contributed by atoms with E-state index >= 15 is 0 Å². The number of rotatable bonds is 13. The van der Waals surface area contributed by atoms with Crippen molar-refractivity contribution < 1.29 is 0 Å². The summed E-state index contributed by atoms with van der Waals surface area (Å²) in [6.07, 6.45) is 17.9. The van der Waals surface area contributed by atoms with Crippen LogP contribution in [0.15, 0.2) is 213 Å². The SMILES string of the molecule is C=C/C=C(\C=C/Cc1cc(-c2cccc(-c3cccc(C)c3)c2)nc(-c2cccc(-c3cccc(-n4cc(CC/C=C\C)c5ccccc54)c3)c2)c1)c1ccccc1.